The van der Waals surface area contributed by atoms with E-state index in [9.17, 15) is 18.0 Å². The second-order valence-electron chi connectivity index (χ2n) is 5.44. The van der Waals surface area contributed by atoms with Gasteiger partial charge in [-0.15, -0.1) is 12.4 Å². The molecular weight excluding hydrogens is 349 g/mol. The second kappa shape index (κ2) is 8.98. The first kappa shape index (κ1) is 20.4. The van der Waals surface area contributed by atoms with Gasteiger partial charge in [-0.25, -0.2) is 0 Å². The molecule has 5 nitrogen and oxygen atoms in total. The lowest BCUT2D eigenvalue weighted by Gasteiger charge is -2.14. The van der Waals surface area contributed by atoms with Crippen molar-refractivity contribution in [1.82, 2.24) is 5.32 Å². The molecule has 136 valence electrons. The van der Waals surface area contributed by atoms with E-state index in [2.05, 4.69) is 10.1 Å². The lowest BCUT2D eigenvalue weighted by molar-refractivity contribution is -0.153. The number of rotatable bonds is 8. The monoisotopic (exact) mass is 368 g/mol. The first-order chi connectivity index (χ1) is 10.8. The maximum Gasteiger partial charge on any atom is 0.422 e. The molecule has 1 amide bonds. The van der Waals surface area contributed by atoms with E-state index in [1.54, 1.807) is 6.07 Å². The van der Waals surface area contributed by atoms with Gasteiger partial charge in [0.25, 0.3) is 5.91 Å². The highest BCUT2D eigenvalue weighted by atomic mass is 35.5. The van der Waals surface area contributed by atoms with Crippen LogP contribution in [-0.4, -0.2) is 37.9 Å². The standard InChI is InChI=1S/C15H19F3N2O3.ClH/c16-15(17,18)9-23-13-4-2-1-3-12(13)22-8-14(21)20-7-11(19)10-5-6-10;/h1-4,10-11H,5-9,19H2,(H,20,21);1H. The van der Waals surface area contributed by atoms with Gasteiger partial charge in [0.15, 0.2) is 24.7 Å². The van der Waals surface area contributed by atoms with E-state index in [1.807, 2.05) is 0 Å². The van der Waals surface area contributed by atoms with Crippen molar-refractivity contribution in [2.45, 2.75) is 25.1 Å². The largest absolute Gasteiger partial charge is 0.480 e. The Kier molecular flexibility index (Phi) is 7.62. The third-order valence-electron chi connectivity index (χ3n) is 3.36. The summed E-state index contributed by atoms with van der Waals surface area (Å²) in [5, 5.41) is 2.64. The molecule has 1 atom stereocenters. The first-order valence-electron chi connectivity index (χ1n) is 7.29. The summed E-state index contributed by atoms with van der Waals surface area (Å²) in [7, 11) is 0. The Hall–Kier alpha value is -1.67. The summed E-state index contributed by atoms with van der Waals surface area (Å²) < 4.78 is 46.5. The number of benzene rings is 1. The van der Waals surface area contributed by atoms with Crippen molar-refractivity contribution in [2.24, 2.45) is 11.7 Å². The van der Waals surface area contributed by atoms with Crippen LogP contribution < -0.4 is 20.5 Å². The lowest BCUT2D eigenvalue weighted by Crippen LogP contribution is -2.40. The fraction of sp³-hybridized carbons (Fsp3) is 0.533. The summed E-state index contributed by atoms with van der Waals surface area (Å²) >= 11 is 0. The minimum atomic E-state index is -4.44. The van der Waals surface area contributed by atoms with Crippen molar-refractivity contribution in [1.29, 1.82) is 0 Å². The number of amides is 1. The van der Waals surface area contributed by atoms with E-state index in [4.69, 9.17) is 10.5 Å². The van der Waals surface area contributed by atoms with Crippen molar-refractivity contribution in [2.75, 3.05) is 19.8 Å². The summed E-state index contributed by atoms with van der Waals surface area (Å²) in [4.78, 5) is 11.7. The molecule has 0 radical (unpaired) electrons. The average molecular weight is 369 g/mol. The number of nitrogens with two attached hydrogens (primary N) is 1. The van der Waals surface area contributed by atoms with Gasteiger partial charge in [0.1, 0.15) is 0 Å². The van der Waals surface area contributed by atoms with Gasteiger partial charge in [-0.3, -0.25) is 4.79 Å². The molecule has 0 bridgehead atoms. The smallest absolute Gasteiger partial charge is 0.422 e. The Morgan fingerprint density at radius 3 is 2.38 bits per heavy atom. The van der Waals surface area contributed by atoms with Crippen LogP contribution in [0.3, 0.4) is 0 Å². The minimum absolute atomic E-state index is 0. The molecule has 1 aliphatic rings. The predicted octanol–water partition coefficient (Wildman–Crippen LogP) is 2.28. The molecular formula is C15H20ClF3N2O3. The highest BCUT2D eigenvalue weighted by Crippen LogP contribution is 2.31. The third-order valence-corrected chi connectivity index (χ3v) is 3.36. The van der Waals surface area contributed by atoms with E-state index < -0.39 is 12.8 Å². The Bertz CT molecular complexity index is 539. The number of carbonyl (C=O) groups excluding carboxylic acids is 1. The topological polar surface area (TPSA) is 73.6 Å². The zero-order valence-corrected chi connectivity index (χ0v) is 13.7. The molecule has 9 heteroatoms. The van der Waals surface area contributed by atoms with Gasteiger partial charge in [-0.2, -0.15) is 13.2 Å². The second-order valence-corrected chi connectivity index (χ2v) is 5.44. The van der Waals surface area contributed by atoms with Gasteiger partial charge in [0.2, 0.25) is 0 Å². The first-order valence-corrected chi connectivity index (χ1v) is 7.29. The molecule has 0 saturated heterocycles. The fourth-order valence-corrected chi connectivity index (χ4v) is 1.97. The molecule has 1 saturated carbocycles. The summed E-state index contributed by atoms with van der Waals surface area (Å²) in [6, 6.07) is 5.82. The van der Waals surface area contributed by atoms with E-state index in [-0.39, 0.29) is 42.5 Å². The Labute approximate surface area is 144 Å². The summed E-state index contributed by atoms with van der Waals surface area (Å²) in [5.41, 5.74) is 5.86. The fourth-order valence-electron chi connectivity index (χ4n) is 1.97. The number of hydrogen-bond acceptors (Lipinski definition) is 4. The molecule has 0 aliphatic heterocycles. The van der Waals surface area contributed by atoms with Crippen LogP contribution >= 0.6 is 12.4 Å². The highest BCUT2D eigenvalue weighted by Gasteiger charge is 2.29. The summed E-state index contributed by atoms with van der Waals surface area (Å²) in [6.07, 6.45) is -2.28. The normalized spacial score (nSPS) is 15.2. The Morgan fingerprint density at radius 1 is 1.25 bits per heavy atom. The van der Waals surface area contributed by atoms with Crippen LogP contribution in [0.2, 0.25) is 0 Å². The molecule has 24 heavy (non-hydrogen) atoms. The number of para-hydroxylation sites is 2. The van der Waals surface area contributed by atoms with Crippen LogP contribution in [0.1, 0.15) is 12.8 Å². The minimum Gasteiger partial charge on any atom is -0.480 e. The van der Waals surface area contributed by atoms with Crippen LogP contribution in [-0.2, 0) is 4.79 Å². The molecule has 1 aromatic rings. The number of nitrogens with one attached hydrogen (secondary N) is 1. The highest BCUT2D eigenvalue weighted by molar-refractivity contribution is 5.85. The number of ether oxygens (including phenoxy) is 2. The maximum absolute atomic E-state index is 12.2. The van der Waals surface area contributed by atoms with Crippen LogP contribution in [0.25, 0.3) is 0 Å². The zero-order chi connectivity index (χ0) is 16.9. The van der Waals surface area contributed by atoms with Gasteiger partial charge >= 0.3 is 6.18 Å². The van der Waals surface area contributed by atoms with Gasteiger partial charge in [0.05, 0.1) is 0 Å². The van der Waals surface area contributed by atoms with Crippen LogP contribution in [0.4, 0.5) is 13.2 Å². The van der Waals surface area contributed by atoms with Crippen molar-refractivity contribution in [3.63, 3.8) is 0 Å². The quantitative estimate of drug-likeness (QED) is 0.738. The van der Waals surface area contributed by atoms with Crippen LogP contribution in [0.5, 0.6) is 11.5 Å². The van der Waals surface area contributed by atoms with Crippen LogP contribution in [0, 0.1) is 5.92 Å². The molecule has 1 unspecified atom stereocenters. The Morgan fingerprint density at radius 2 is 1.83 bits per heavy atom. The molecule has 3 N–H and O–H groups in total. The van der Waals surface area contributed by atoms with Crippen molar-refractivity contribution >= 4 is 18.3 Å². The van der Waals surface area contributed by atoms with E-state index in [0.717, 1.165) is 12.8 Å². The number of alkyl halides is 3. The molecule has 0 spiro atoms. The molecule has 0 aromatic heterocycles. The number of carbonyl (C=O) groups is 1. The molecule has 2 rings (SSSR count). The van der Waals surface area contributed by atoms with Crippen molar-refractivity contribution < 1.29 is 27.4 Å². The van der Waals surface area contributed by atoms with E-state index in [0.29, 0.717) is 12.5 Å². The van der Waals surface area contributed by atoms with Gasteiger partial charge in [0, 0.05) is 12.6 Å². The van der Waals surface area contributed by atoms with Gasteiger partial charge < -0.3 is 20.5 Å². The van der Waals surface area contributed by atoms with E-state index in [1.165, 1.54) is 18.2 Å². The molecule has 1 aromatic carbocycles. The molecule has 1 aliphatic carbocycles. The third kappa shape index (κ3) is 7.27. The Balaban J connectivity index is 0.00000288. The van der Waals surface area contributed by atoms with Crippen LogP contribution in [0.15, 0.2) is 24.3 Å². The van der Waals surface area contributed by atoms with Crippen molar-refractivity contribution in [3.05, 3.63) is 24.3 Å². The SMILES string of the molecule is Cl.NC(CNC(=O)COc1ccccc1OCC(F)(F)F)C1CC1. The maximum atomic E-state index is 12.2. The number of hydrogen-bond donors (Lipinski definition) is 2. The lowest BCUT2D eigenvalue weighted by atomic mass is 10.2. The molecule has 0 heterocycles. The van der Waals surface area contributed by atoms with E-state index >= 15 is 0 Å². The zero-order valence-electron chi connectivity index (χ0n) is 12.8. The summed E-state index contributed by atoms with van der Waals surface area (Å²) in [6.45, 7) is -1.38. The predicted molar refractivity (Wildman–Crippen MR) is 84.4 cm³/mol. The number of halogens is 4. The van der Waals surface area contributed by atoms with Gasteiger partial charge in [-0.05, 0) is 30.9 Å². The average Bonchev–Trinajstić information content (AvgIpc) is 3.33. The van der Waals surface area contributed by atoms with Gasteiger partial charge in [-0.1, -0.05) is 12.1 Å². The van der Waals surface area contributed by atoms with Crippen molar-refractivity contribution in [3.8, 4) is 11.5 Å². The summed E-state index contributed by atoms with van der Waals surface area (Å²) in [5.74, 6) is 0.102. The molecule has 1 fully saturated rings.